The molecule has 1 saturated heterocycles. The number of nitrogens with zero attached hydrogens (tertiary/aromatic N) is 1. The van der Waals surface area contributed by atoms with Crippen molar-refractivity contribution in [3.8, 4) is 0 Å². The standard InChI is InChI=1S/C20H18FN3O3/c21-14-7-9-15(10-8-14)22-17(25)12-24-18(26)20(23-19(24)27)11-3-5-13-4-1-2-6-16(13)20/h1-2,4,6-10H,3,5,11-12H2,(H,22,25)(H,23,27). The van der Waals surface area contributed by atoms with Crippen LogP contribution in [0.2, 0.25) is 0 Å². The summed E-state index contributed by atoms with van der Waals surface area (Å²) < 4.78 is 13.0. The van der Waals surface area contributed by atoms with Crippen LogP contribution in [0.4, 0.5) is 14.9 Å². The predicted octanol–water partition coefficient (Wildman–Crippen LogP) is 2.55. The first kappa shape index (κ1) is 17.2. The first-order valence-corrected chi connectivity index (χ1v) is 8.77. The van der Waals surface area contributed by atoms with E-state index in [2.05, 4.69) is 10.6 Å². The van der Waals surface area contributed by atoms with Crippen molar-refractivity contribution >= 4 is 23.5 Å². The third-order valence-corrected chi connectivity index (χ3v) is 5.08. The Bertz CT molecular complexity index is 928. The van der Waals surface area contributed by atoms with E-state index in [0.29, 0.717) is 12.1 Å². The fourth-order valence-electron chi connectivity index (χ4n) is 3.83. The predicted molar refractivity (Wildman–Crippen MR) is 96.3 cm³/mol. The van der Waals surface area contributed by atoms with Crippen molar-refractivity contribution in [3.63, 3.8) is 0 Å². The number of halogens is 1. The van der Waals surface area contributed by atoms with Gasteiger partial charge in [0.05, 0.1) is 0 Å². The summed E-state index contributed by atoms with van der Waals surface area (Å²) in [5.74, 6) is -1.35. The summed E-state index contributed by atoms with van der Waals surface area (Å²) in [7, 11) is 0. The highest BCUT2D eigenvalue weighted by Gasteiger charge is 2.54. The van der Waals surface area contributed by atoms with Crippen molar-refractivity contribution in [2.24, 2.45) is 0 Å². The number of anilines is 1. The number of hydrogen-bond donors (Lipinski definition) is 2. The minimum absolute atomic E-state index is 0.395. The maximum atomic E-state index is 13.1. The molecule has 6 nitrogen and oxygen atoms in total. The minimum atomic E-state index is -1.10. The first-order valence-electron chi connectivity index (χ1n) is 8.77. The van der Waals surface area contributed by atoms with E-state index < -0.39 is 35.7 Å². The van der Waals surface area contributed by atoms with E-state index in [-0.39, 0.29) is 0 Å². The van der Waals surface area contributed by atoms with Gasteiger partial charge >= 0.3 is 6.03 Å². The fourth-order valence-corrected chi connectivity index (χ4v) is 3.83. The van der Waals surface area contributed by atoms with Gasteiger partial charge in [0, 0.05) is 5.69 Å². The van der Waals surface area contributed by atoms with Gasteiger partial charge in [-0.3, -0.25) is 14.5 Å². The van der Waals surface area contributed by atoms with Crippen LogP contribution in [0.5, 0.6) is 0 Å². The van der Waals surface area contributed by atoms with Gasteiger partial charge in [-0.25, -0.2) is 9.18 Å². The van der Waals surface area contributed by atoms with Gasteiger partial charge < -0.3 is 10.6 Å². The number of hydrogen-bond acceptors (Lipinski definition) is 3. The Morgan fingerprint density at radius 2 is 1.89 bits per heavy atom. The molecule has 0 bridgehead atoms. The number of carbonyl (C=O) groups is 3. The average molecular weight is 367 g/mol. The van der Waals surface area contributed by atoms with Crippen molar-refractivity contribution in [2.45, 2.75) is 24.8 Å². The van der Waals surface area contributed by atoms with Gasteiger partial charge in [-0.2, -0.15) is 0 Å². The Hall–Kier alpha value is -3.22. The molecular formula is C20H18FN3O3. The van der Waals surface area contributed by atoms with Crippen molar-refractivity contribution in [1.29, 1.82) is 0 Å². The topological polar surface area (TPSA) is 78.5 Å². The number of fused-ring (bicyclic) bond motifs is 2. The lowest BCUT2D eigenvalue weighted by atomic mass is 9.76. The maximum Gasteiger partial charge on any atom is 0.325 e. The summed E-state index contributed by atoms with van der Waals surface area (Å²) in [6.45, 7) is -0.397. The van der Waals surface area contributed by atoms with Gasteiger partial charge in [0.15, 0.2) is 0 Å². The molecule has 0 saturated carbocycles. The molecule has 2 aromatic carbocycles. The quantitative estimate of drug-likeness (QED) is 0.819. The lowest BCUT2D eigenvalue weighted by Crippen LogP contribution is -2.47. The molecule has 1 aliphatic carbocycles. The molecule has 2 aliphatic rings. The molecule has 2 aromatic rings. The third-order valence-electron chi connectivity index (χ3n) is 5.08. The molecule has 1 heterocycles. The number of aryl methyl sites for hydroxylation is 1. The fraction of sp³-hybridized carbons (Fsp3) is 0.250. The zero-order valence-electron chi connectivity index (χ0n) is 14.5. The molecule has 7 heteroatoms. The van der Waals surface area contributed by atoms with Crippen LogP contribution in [0, 0.1) is 5.82 Å². The highest BCUT2D eigenvalue weighted by atomic mass is 19.1. The van der Waals surface area contributed by atoms with E-state index in [1.165, 1.54) is 24.3 Å². The van der Waals surface area contributed by atoms with Crippen LogP contribution in [-0.4, -0.2) is 29.3 Å². The summed E-state index contributed by atoms with van der Waals surface area (Å²) in [6, 6.07) is 12.3. The summed E-state index contributed by atoms with van der Waals surface area (Å²) in [5.41, 5.74) is 1.14. The molecule has 4 amide bonds. The second kappa shape index (κ2) is 6.50. The smallest absolute Gasteiger partial charge is 0.325 e. The number of nitrogens with one attached hydrogen (secondary N) is 2. The van der Waals surface area contributed by atoms with Crippen LogP contribution >= 0.6 is 0 Å². The van der Waals surface area contributed by atoms with Gasteiger partial charge in [-0.1, -0.05) is 24.3 Å². The Balaban J connectivity index is 1.54. The lowest BCUT2D eigenvalue weighted by molar-refractivity contribution is -0.134. The number of carbonyl (C=O) groups excluding carboxylic acids is 3. The summed E-state index contributed by atoms with van der Waals surface area (Å²) in [4.78, 5) is 38.8. The Labute approximate surface area is 155 Å². The molecule has 1 fully saturated rings. The Morgan fingerprint density at radius 3 is 2.67 bits per heavy atom. The van der Waals surface area contributed by atoms with Crippen LogP contribution < -0.4 is 10.6 Å². The van der Waals surface area contributed by atoms with Gasteiger partial charge in [0.1, 0.15) is 17.9 Å². The van der Waals surface area contributed by atoms with E-state index in [4.69, 9.17) is 0 Å². The lowest BCUT2D eigenvalue weighted by Gasteiger charge is -2.33. The molecule has 138 valence electrons. The maximum absolute atomic E-state index is 13.1. The minimum Gasteiger partial charge on any atom is -0.325 e. The second-order valence-electron chi connectivity index (χ2n) is 6.79. The largest absolute Gasteiger partial charge is 0.325 e. The highest BCUT2D eigenvalue weighted by molar-refractivity contribution is 6.10. The number of imide groups is 1. The normalized spacial score (nSPS) is 21.1. The highest BCUT2D eigenvalue weighted by Crippen LogP contribution is 2.39. The van der Waals surface area contributed by atoms with Crippen LogP contribution in [0.25, 0.3) is 0 Å². The monoisotopic (exact) mass is 367 g/mol. The Kier molecular flexibility index (Phi) is 4.14. The summed E-state index contributed by atoms with van der Waals surface area (Å²) in [6.07, 6.45) is 2.13. The molecule has 2 N–H and O–H groups in total. The van der Waals surface area contributed by atoms with Gasteiger partial charge in [0.2, 0.25) is 5.91 Å². The molecular weight excluding hydrogens is 349 g/mol. The third kappa shape index (κ3) is 2.95. The number of benzene rings is 2. The molecule has 1 atom stereocenters. The van der Waals surface area contributed by atoms with E-state index in [9.17, 15) is 18.8 Å². The van der Waals surface area contributed by atoms with Gasteiger partial charge in [0.25, 0.3) is 5.91 Å². The van der Waals surface area contributed by atoms with E-state index in [1.807, 2.05) is 24.3 Å². The first-order chi connectivity index (χ1) is 13.0. The number of urea groups is 1. The molecule has 0 aromatic heterocycles. The molecule has 0 radical (unpaired) electrons. The average Bonchev–Trinajstić information content (AvgIpc) is 2.89. The van der Waals surface area contributed by atoms with Gasteiger partial charge in [-0.05, 0) is 54.7 Å². The Morgan fingerprint density at radius 1 is 1.15 bits per heavy atom. The van der Waals surface area contributed by atoms with E-state index in [1.54, 1.807) is 0 Å². The zero-order valence-corrected chi connectivity index (χ0v) is 14.5. The number of amides is 4. The van der Waals surface area contributed by atoms with Gasteiger partial charge in [-0.15, -0.1) is 0 Å². The van der Waals surface area contributed by atoms with Crippen molar-refractivity contribution < 1.29 is 18.8 Å². The van der Waals surface area contributed by atoms with Crippen LogP contribution in [0.3, 0.4) is 0 Å². The summed E-state index contributed by atoms with van der Waals surface area (Å²) in [5, 5.41) is 5.38. The molecule has 1 spiro atoms. The SMILES string of the molecule is O=C(CN1C(=O)NC2(CCCc3ccccc32)C1=O)Nc1ccc(F)cc1. The molecule has 4 rings (SSSR count). The van der Waals surface area contributed by atoms with E-state index in [0.717, 1.165) is 28.9 Å². The summed E-state index contributed by atoms with van der Waals surface area (Å²) >= 11 is 0. The zero-order chi connectivity index (χ0) is 19.0. The van der Waals surface area contributed by atoms with Crippen molar-refractivity contribution in [3.05, 3.63) is 65.5 Å². The van der Waals surface area contributed by atoms with Crippen molar-refractivity contribution in [2.75, 3.05) is 11.9 Å². The molecule has 1 aliphatic heterocycles. The number of rotatable bonds is 3. The van der Waals surface area contributed by atoms with Crippen LogP contribution in [-0.2, 0) is 21.5 Å². The van der Waals surface area contributed by atoms with Crippen molar-refractivity contribution in [1.82, 2.24) is 10.2 Å². The molecule has 1 unspecified atom stereocenters. The van der Waals surface area contributed by atoms with E-state index >= 15 is 0 Å². The van der Waals surface area contributed by atoms with Crippen LogP contribution in [0.1, 0.15) is 24.0 Å². The molecule has 27 heavy (non-hydrogen) atoms. The van der Waals surface area contributed by atoms with Crippen LogP contribution in [0.15, 0.2) is 48.5 Å². The second-order valence-corrected chi connectivity index (χ2v) is 6.79.